The first-order chi connectivity index (χ1) is 11.7. The van der Waals surface area contributed by atoms with E-state index in [-0.39, 0.29) is 21.8 Å². The number of fused-ring (bicyclic) bond motifs is 1. The molecule has 138 valence electrons. The number of carbonyl (C=O) groups excluding carboxylic acids is 1. The normalized spacial score (nSPS) is 27.2. The molecule has 2 N–H and O–H groups in total. The van der Waals surface area contributed by atoms with Crippen LogP contribution in [0.5, 0.6) is 0 Å². The summed E-state index contributed by atoms with van der Waals surface area (Å²) in [5, 5.41) is 8.95. The van der Waals surface area contributed by atoms with E-state index in [1.165, 1.54) is 28.6 Å². The molecule has 0 aromatic heterocycles. The largest absolute Gasteiger partial charge is 0.289 e. The summed E-state index contributed by atoms with van der Waals surface area (Å²) < 4.78 is 50.4. The van der Waals surface area contributed by atoms with Gasteiger partial charge in [-0.1, -0.05) is 6.42 Å². The summed E-state index contributed by atoms with van der Waals surface area (Å²) in [5.41, 5.74) is 1.55. The van der Waals surface area contributed by atoms with Crippen molar-refractivity contribution >= 4 is 25.8 Å². The van der Waals surface area contributed by atoms with Gasteiger partial charge in [0.1, 0.15) is 6.04 Å². The Labute approximate surface area is 146 Å². The Morgan fingerprint density at radius 1 is 1.12 bits per heavy atom. The van der Waals surface area contributed by atoms with Gasteiger partial charge in [0.2, 0.25) is 10.0 Å². The van der Waals surface area contributed by atoms with E-state index in [1.54, 1.807) is 5.48 Å². The molecule has 1 aliphatic heterocycles. The van der Waals surface area contributed by atoms with Gasteiger partial charge in [-0.25, -0.2) is 22.3 Å². The van der Waals surface area contributed by atoms with Gasteiger partial charge in [-0.15, -0.1) is 0 Å². The molecule has 1 amide bonds. The molecular formula is C15H20N2O6S2. The molecule has 2 aliphatic rings. The van der Waals surface area contributed by atoms with Crippen LogP contribution in [0, 0.1) is 5.92 Å². The quantitative estimate of drug-likeness (QED) is 0.573. The Bertz CT molecular complexity index is 879. The Balaban J connectivity index is 2.00. The number of amides is 1. The Morgan fingerprint density at radius 3 is 2.28 bits per heavy atom. The van der Waals surface area contributed by atoms with Crippen LogP contribution in [0.1, 0.15) is 25.7 Å². The summed E-state index contributed by atoms with van der Waals surface area (Å²) in [7, 11) is -7.42. The molecule has 8 nitrogen and oxygen atoms in total. The zero-order chi connectivity index (χ0) is 18.4. The zero-order valence-corrected chi connectivity index (χ0v) is 15.3. The number of nitrogens with one attached hydrogen (secondary N) is 1. The molecule has 1 aliphatic carbocycles. The molecule has 0 unspecified atom stereocenters. The molecule has 1 aromatic rings. The van der Waals surface area contributed by atoms with Crippen molar-refractivity contribution in [3.63, 3.8) is 0 Å². The van der Waals surface area contributed by atoms with E-state index in [2.05, 4.69) is 0 Å². The third kappa shape index (κ3) is 3.19. The Hall–Kier alpha value is -1.49. The lowest BCUT2D eigenvalue weighted by molar-refractivity contribution is -0.132. The summed E-state index contributed by atoms with van der Waals surface area (Å²) in [6.45, 7) is 0. The van der Waals surface area contributed by atoms with Crippen LogP contribution in [0.25, 0.3) is 0 Å². The fraction of sp³-hybridized carbons (Fsp3) is 0.533. The van der Waals surface area contributed by atoms with Crippen LogP contribution >= 0.6 is 0 Å². The summed E-state index contributed by atoms with van der Waals surface area (Å²) >= 11 is 0. The standard InChI is InChI=1S/C15H20N2O6S2/c1-24(20,21)11-5-7-12(8-6-11)25(22,23)17-13-4-2-3-10(13)9-14(17)15(18)16-19/h5-8,10,13-14,19H,2-4,9H2,1H3,(H,16,18)/t10-,13-,14-/m1/s1. The van der Waals surface area contributed by atoms with E-state index in [4.69, 9.17) is 5.21 Å². The maximum atomic E-state index is 13.1. The molecule has 3 rings (SSSR count). The molecule has 1 aromatic carbocycles. The van der Waals surface area contributed by atoms with Crippen molar-refractivity contribution in [3.8, 4) is 0 Å². The van der Waals surface area contributed by atoms with Gasteiger partial charge in [0.05, 0.1) is 9.79 Å². The smallest absolute Gasteiger partial charge is 0.261 e. The van der Waals surface area contributed by atoms with Crippen molar-refractivity contribution < 1.29 is 26.8 Å². The number of rotatable bonds is 4. The summed E-state index contributed by atoms with van der Waals surface area (Å²) in [5.74, 6) is -0.655. The highest BCUT2D eigenvalue weighted by molar-refractivity contribution is 7.90. The minimum absolute atomic E-state index is 0.0243. The Morgan fingerprint density at radius 2 is 1.72 bits per heavy atom. The molecule has 1 saturated carbocycles. The molecule has 25 heavy (non-hydrogen) atoms. The number of sulfone groups is 1. The van der Waals surface area contributed by atoms with E-state index < -0.39 is 31.8 Å². The second-order valence-corrected chi connectivity index (χ2v) is 10.4. The number of hydroxylamine groups is 1. The lowest BCUT2D eigenvalue weighted by Gasteiger charge is -2.27. The minimum Gasteiger partial charge on any atom is -0.289 e. The summed E-state index contributed by atoms with van der Waals surface area (Å²) in [6.07, 6.45) is 3.82. The third-order valence-electron chi connectivity index (χ3n) is 5.02. The topological polar surface area (TPSA) is 121 Å². The highest BCUT2D eigenvalue weighted by Crippen LogP contribution is 2.44. The molecular weight excluding hydrogens is 368 g/mol. The Kier molecular flexibility index (Phi) is 4.65. The highest BCUT2D eigenvalue weighted by Gasteiger charge is 2.52. The van der Waals surface area contributed by atoms with Crippen molar-refractivity contribution in [1.29, 1.82) is 0 Å². The van der Waals surface area contributed by atoms with Crippen LogP contribution < -0.4 is 5.48 Å². The average molecular weight is 388 g/mol. The lowest BCUT2D eigenvalue weighted by Crippen LogP contribution is -2.48. The first-order valence-corrected chi connectivity index (χ1v) is 11.3. The fourth-order valence-corrected chi connectivity index (χ4v) is 6.38. The average Bonchev–Trinajstić information content (AvgIpc) is 3.13. The molecule has 1 heterocycles. The van der Waals surface area contributed by atoms with Crippen molar-refractivity contribution in [2.24, 2.45) is 5.92 Å². The molecule has 3 atom stereocenters. The van der Waals surface area contributed by atoms with Crippen molar-refractivity contribution in [3.05, 3.63) is 24.3 Å². The third-order valence-corrected chi connectivity index (χ3v) is 8.10. The SMILES string of the molecule is CS(=O)(=O)c1ccc(S(=O)(=O)N2[C@@H](C(=O)NO)C[C@H]3CCC[C@H]32)cc1. The van der Waals surface area contributed by atoms with Gasteiger partial charge in [-0.2, -0.15) is 4.31 Å². The zero-order valence-electron chi connectivity index (χ0n) is 13.6. The van der Waals surface area contributed by atoms with Crippen LogP contribution in [0.3, 0.4) is 0 Å². The molecule has 1 saturated heterocycles. The minimum atomic E-state index is -3.99. The number of hydrogen-bond donors (Lipinski definition) is 2. The second-order valence-electron chi connectivity index (χ2n) is 6.56. The van der Waals surface area contributed by atoms with Crippen molar-refractivity contribution in [2.75, 3.05) is 6.26 Å². The number of sulfonamides is 1. The van der Waals surface area contributed by atoms with E-state index in [1.807, 2.05) is 0 Å². The molecule has 0 spiro atoms. The van der Waals surface area contributed by atoms with E-state index in [9.17, 15) is 21.6 Å². The first kappa shape index (κ1) is 18.3. The highest BCUT2D eigenvalue weighted by atomic mass is 32.2. The summed E-state index contributed by atoms with van der Waals surface area (Å²) in [6, 6.07) is 3.72. The van der Waals surface area contributed by atoms with Gasteiger partial charge in [0.15, 0.2) is 9.84 Å². The fourth-order valence-electron chi connectivity index (χ4n) is 3.87. The monoisotopic (exact) mass is 388 g/mol. The van der Waals surface area contributed by atoms with Crippen LogP contribution in [0.4, 0.5) is 0 Å². The molecule has 0 radical (unpaired) electrons. The molecule has 2 fully saturated rings. The molecule has 0 bridgehead atoms. The van der Waals surface area contributed by atoms with E-state index >= 15 is 0 Å². The maximum Gasteiger partial charge on any atom is 0.261 e. The second kappa shape index (κ2) is 6.35. The van der Waals surface area contributed by atoms with Gasteiger partial charge >= 0.3 is 0 Å². The predicted octanol–water partition coefficient (Wildman–Crippen LogP) is 0.527. The van der Waals surface area contributed by atoms with Crippen molar-refractivity contribution in [2.45, 2.75) is 47.6 Å². The number of hydrogen-bond acceptors (Lipinski definition) is 6. The molecule has 10 heteroatoms. The van der Waals surface area contributed by atoms with Crippen LogP contribution in [0.2, 0.25) is 0 Å². The summed E-state index contributed by atoms with van der Waals surface area (Å²) in [4.78, 5) is 11.9. The maximum absolute atomic E-state index is 13.1. The van der Waals surface area contributed by atoms with Gasteiger partial charge in [-0.3, -0.25) is 10.0 Å². The van der Waals surface area contributed by atoms with Crippen LogP contribution in [-0.2, 0) is 24.7 Å². The number of nitrogens with zero attached hydrogens (tertiary/aromatic N) is 1. The van der Waals surface area contributed by atoms with Gasteiger partial charge < -0.3 is 0 Å². The van der Waals surface area contributed by atoms with Crippen LogP contribution in [0.15, 0.2) is 34.1 Å². The van der Waals surface area contributed by atoms with Crippen LogP contribution in [-0.4, -0.2) is 50.6 Å². The lowest BCUT2D eigenvalue weighted by atomic mass is 10.0. The number of carbonyl (C=O) groups is 1. The first-order valence-electron chi connectivity index (χ1n) is 7.94. The van der Waals surface area contributed by atoms with Gasteiger partial charge in [-0.05, 0) is 49.4 Å². The van der Waals surface area contributed by atoms with Gasteiger partial charge in [0.25, 0.3) is 5.91 Å². The van der Waals surface area contributed by atoms with Crippen molar-refractivity contribution in [1.82, 2.24) is 9.79 Å². The van der Waals surface area contributed by atoms with E-state index in [0.29, 0.717) is 12.8 Å². The van der Waals surface area contributed by atoms with Gasteiger partial charge in [0, 0.05) is 12.3 Å². The van der Waals surface area contributed by atoms with E-state index in [0.717, 1.165) is 19.1 Å². The predicted molar refractivity (Wildman–Crippen MR) is 88.0 cm³/mol. The number of benzene rings is 1.